The second kappa shape index (κ2) is 5.95. The predicted octanol–water partition coefficient (Wildman–Crippen LogP) is 2.29. The number of rotatable bonds is 2. The molecule has 0 atom stereocenters. The van der Waals surface area contributed by atoms with Gasteiger partial charge in [-0.2, -0.15) is 0 Å². The molecule has 0 radical (unpaired) electrons. The first-order chi connectivity index (χ1) is 9.40. The number of nitrogens with zero attached hydrogens (tertiary/aromatic N) is 3. The number of amides is 1. The number of hydrogen-bond donors (Lipinski definition) is 0. The molecule has 0 N–H and O–H groups in total. The molecule has 1 fully saturated rings. The highest BCUT2D eigenvalue weighted by Crippen LogP contribution is 2.33. The number of benzene rings is 1. The normalized spacial score (nSPS) is 16.2. The summed E-state index contributed by atoms with van der Waals surface area (Å²) in [6.07, 6.45) is 0. The third-order valence-corrected chi connectivity index (χ3v) is 4.04. The molecule has 1 aromatic carbocycles. The van der Waals surface area contributed by atoms with Crippen LogP contribution in [-0.2, 0) is 0 Å². The lowest BCUT2D eigenvalue weighted by molar-refractivity contribution is -0.384. The number of likely N-dealkylation sites (N-methyl/N-ethyl adjacent to an activating group) is 1. The summed E-state index contributed by atoms with van der Waals surface area (Å²) in [7, 11) is 1.98. The summed E-state index contributed by atoms with van der Waals surface area (Å²) in [5.74, 6) is -0.264. The van der Waals surface area contributed by atoms with Gasteiger partial charge in [0.25, 0.3) is 11.6 Å². The first-order valence-electron chi connectivity index (χ1n) is 6.01. The minimum Gasteiger partial charge on any atom is -0.336 e. The summed E-state index contributed by atoms with van der Waals surface area (Å²) >= 11 is 11.6. The summed E-state index contributed by atoms with van der Waals surface area (Å²) in [5, 5.41) is 10.8. The molecular weight excluding hydrogens is 305 g/mol. The fraction of sp³-hybridized carbons (Fsp3) is 0.417. The Bertz CT molecular complexity index is 557. The zero-order valence-electron chi connectivity index (χ0n) is 10.8. The number of nitro benzene ring substituents is 1. The highest BCUT2D eigenvalue weighted by molar-refractivity contribution is 6.43. The second-order valence-corrected chi connectivity index (χ2v) is 5.43. The lowest BCUT2D eigenvalue weighted by atomic mass is 10.1. The van der Waals surface area contributed by atoms with Gasteiger partial charge in [0, 0.05) is 37.8 Å². The van der Waals surface area contributed by atoms with Crippen molar-refractivity contribution in [3.63, 3.8) is 0 Å². The Kier molecular flexibility index (Phi) is 4.47. The van der Waals surface area contributed by atoms with Crippen LogP contribution in [-0.4, -0.2) is 53.9 Å². The predicted molar refractivity (Wildman–Crippen MR) is 76.5 cm³/mol. The Labute approximate surface area is 126 Å². The molecule has 0 aliphatic carbocycles. The van der Waals surface area contributed by atoms with E-state index in [-0.39, 0.29) is 27.2 Å². The van der Waals surface area contributed by atoms with E-state index in [1.807, 2.05) is 7.05 Å². The molecule has 6 nitrogen and oxygen atoms in total. The lowest BCUT2D eigenvalue weighted by Gasteiger charge is -2.32. The topological polar surface area (TPSA) is 66.7 Å². The zero-order valence-corrected chi connectivity index (χ0v) is 12.3. The lowest BCUT2D eigenvalue weighted by Crippen LogP contribution is -2.47. The van der Waals surface area contributed by atoms with Gasteiger partial charge in [0.1, 0.15) is 5.02 Å². The molecule has 2 rings (SSSR count). The Morgan fingerprint density at radius 1 is 1.25 bits per heavy atom. The van der Waals surface area contributed by atoms with E-state index in [1.165, 1.54) is 12.1 Å². The molecular formula is C12H13Cl2N3O3. The molecule has 1 aromatic rings. The van der Waals surface area contributed by atoms with E-state index in [2.05, 4.69) is 4.90 Å². The maximum Gasteiger partial charge on any atom is 0.290 e. The molecule has 1 saturated heterocycles. The van der Waals surface area contributed by atoms with Crippen molar-refractivity contribution in [3.05, 3.63) is 37.9 Å². The molecule has 0 aromatic heterocycles. The van der Waals surface area contributed by atoms with Crippen molar-refractivity contribution in [2.75, 3.05) is 33.2 Å². The molecule has 1 heterocycles. The summed E-state index contributed by atoms with van der Waals surface area (Å²) in [4.78, 5) is 26.4. The summed E-state index contributed by atoms with van der Waals surface area (Å²) in [6, 6.07) is 2.55. The maximum absolute atomic E-state index is 12.3. The molecule has 1 aliphatic heterocycles. The summed E-state index contributed by atoms with van der Waals surface area (Å²) in [6.45, 7) is 2.72. The highest BCUT2D eigenvalue weighted by Gasteiger charge is 2.24. The van der Waals surface area contributed by atoms with Crippen LogP contribution in [0.2, 0.25) is 10.0 Å². The van der Waals surface area contributed by atoms with E-state index in [9.17, 15) is 14.9 Å². The third kappa shape index (κ3) is 3.03. The van der Waals surface area contributed by atoms with Crippen LogP contribution in [0.25, 0.3) is 0 Å². The first kappa shape index (κ1) is 15.0. The summed E-state index contributed by atoms with van der Waals surface area (Å²) in [5.41, 5.74) is -0.160. The van der Waals surface area contributed by atoms with Crippen molar-refractivity contribution >= 4 is 34.8 Å². The number of piperazine rings is 1. The van der Waals surface area contributed by atoms with Gasteiger partial charge in [-0.15, -0.1) is 0 Å². The van der Waals surface area contributed by atoms with Crippen LogP contribution in [0.5, 0.6) is 0 Å². The molecule has 0 spiro atoms. The zero-order chi connectivity index (χ0) is 14.9. The van der Waals surface area contributed by atoms with E-state index in [1.54, 1.807) is 4.90 Å². The third-order valence-electron chi connectivity index (χ3n) is 3.24. The maximum atomic E-state index is 12.3. The molecule has 8 heteroatoms. The van der Waals surface area contributed by atoms with Crippen molar-refractivity contribution in [3.8, 4) is 0 Å². The number of carbonyl (C=O) groups excluding carboxylic acids is 1. The van der Waals surface area contributed by atoms with Crippen LogP contribution in [0.15, 0.2) is 12.1 Å². The van der Waals surface area contributed by atoms with Crippen LogP contribution in [0.3, 0.4) is 0 Å². The largest absolute Gasteiger partial charge is 0.336 e. The first-order valence-corrected chi connectivity index (χ1v) is 6.77. The molecule has 0 unspecified atom stereocenters. The van der Waals surface area contributed by atoms with Gasteiger partial charge in [-0.25, -0.2) is 0 Å². The van der Waals surface area contributed by atoms with Gasteiger partial charge < -0.3 is 9.80 Å². The van der Waals surface area contributed by atoms with Gasteiger partial charge in [0.15, 0.2) is 0 Å². The van der Waals surface area contributed by atoms with Crippen molar-refractivity contribution in [2.24, 2.45) is 0 Å². The van der Waals surface area contributed by atoms with Gasteiger partial charge >= 0.3 is 0 Å². The second-order valence-electron chi connectivity index (χ2n) is 4.64. The van der Waals surface area contributed by atoms with Crippen LogP contribution >= 0.6 is 23.2 Å². The van der Waals surface area contributed by atoms with Crippen LogP contribution < -0.4 is 0 Å². The Morgan fingerprint density at radius 2 is 1.85 bits per heavy atom. The Balaban J connectivity index is 2.28. The number of carbonyl (C=O) groups is 1. The smallest absolute Gasteiger partial charge is 0.290 e. The van der Waals surface area contributed by atoms with E-state index in [0.717, 1.165) is 13.1 Å². The fourth-order valence-corrected chi connectivity index (χ4v) is 2.42. The fourth-order valence-electron chi connectivity index (χ4n) is 2.02. The van der Waals surface area contributed by atoms with Gasteiger partial charge in [0.2, 0.25) is 0 Å². The number of hydrogen-bond acceptors (Lipinski definition) is 4. The SMILES string of the molecule is CN1CCN(C(=O)c2cc(Cl)c(Cl)c([N+](=O)[O-])c2)CC1. The van der Waals surface area contributed by atoms with Crippen LogP contribution in [0.4, 0.5) is 5.69 Å². The molecule has 20 heavy (non-hydrogen) atoms. The highest BCUT2D eigenvalue weighted by atomic mass is 35.5. The van der Waals surface area contributed by atoms with Gasteiger partial charge in [-0.05, 0) is 13.1 Å². The minimum absolute atomic E-state index is 0.0124. The van der Waals surface area contributed by atoms with Gasteiger partial charge in [-0.3, -0.25) is 14.9 Å². The standard InChI is InChI=1S/C12H13Cl2N3O3/c1-15-2-4-16(5-3-15)12(18)8-6-9(13)11(14)10(7-8)17(19)20/h6-7H,2-5H2,1H3. The number of halogens is 2. The average molecular weight is 318 g/mol. The van der Waals surface area contributed by atoms with Crippen molar-refractivity contribution in [1.29, 1.82) is 0 Å². The molecule has 1 amide bonds. The van der Waals surface area contributed by atoms with E-state index in [4.69, 9.17) is 23.2 Å². The number of nitro groups is 1. The molecule has 0 saturated carbocycles. The van der Waals surface area contributed by atoms with E-state index >= 15 is 0 Å². The van der Waals surface area contributed by atoms with E-state index < -0.39 is 4.92 Å². The Morgan fingerprint density at radius 3 is 2.40 bits per heavy atom. The van der Waals surface area contributed by atoms with E-state index in [0.29, 0.717) is 13.1 Å². The van der Waals surface area contributed by atoms with Crippen molar-refractivity contribution in [1.82, 2.24) is 9.80 Å². The van der Waals surface area contributed by atoms with Crippen LogP contribution in [0, 0.1) is 10.1 Å². The van der Waals surface area contributed by atoms with Crippen molar-refractivity contribution < 1.29 is 9.72 Å². The molecule has 0 bridgehead atoms. The Hall–Kier alpha value is -1.37. The van der Waals surface area contributed by atoms with Crippen molar-refractivity contribution in [2.45, 2.75) is 0 Å². The average Bonchev–Trinajstić information content (AvgIpc) is 2.41. The summed E-state index contributed by atoms with van der Waals surface area (Å²) < 4.78 is 0. The van der Waals surface area contributed by atoms with Gasteiger partial charge in [-0.1, -0.05) is 23.2 Å². The van der Waals surface area contributed by atoms with Gasteiger partial charge in [0.05, 0.1) is 9.95 Å². The quantitative estimate of drug-likeness (QED) is 0.620. The van der Waals surface area contributed by atoms with Crippen LogP contribution in [0.1, 0.15) is 10.4 Å². The monoisotopic (exact) mass is 317 g/mol. The minimum atomic E-state index is -0.644. The molecule has 1 aliphatic rings. The molecule has 108 valence electrons.